The lowest BCUT2D eigenvalue weighted by Gasteiger charge is -2.20. The Balaban J connectivity index is 3.36. The molecule has 0 aliphatic rings. The minimum absolute atomic E-state index is 0.0751. The van der Waals surface area contributed by atoms with Crippen LogP contribution in [0.15, 0.2) is 59.3 Å². The van der Waals surface area contributed by atoms with Gasteiger partial charge >= 0.3 is 0 Å². The molecule has 0 saturated carbocycles. The van der Waals surface area contributed by atoms with E-state index in [0.717, 1.165) is 6.92 Å². The molecule has 0 radical (unpaired) electrons. The Morgan fingerprint density at radius 3 is 2.26 bits per heavy atom. The number of halogens is 3. The number of hydrogen-bond donors (Lipinski definition) is 1. The average molecular weight is 284 g/mol. The summed E-state index contributed by atoms with van der Waals surface area (Å²) in [6.45, 7) is 6.10. The molecule has 1 aromatic carbocycles. The predicted molar refractivity (Wildman–Crippen MR) is 76.9 cm³/mol. The largest absolute Gasteiger partial charge is 0.398 e. The van der Waals surface area contributed by atoms with Crippen LogP contribution in [0.1, 0.15) is 19.4 Å². The van der Waals surface area contributed by atoms with Crippen LogP contribution in [0, 0.1) is 0 Å². The summed E-state index contributed by atoms with van der Waals surface area (Å²) < 4.78 is 27.5. The zero-order chi connectivity index (χ0) is 14.6. The zero-order valence-corrected chi connectivity index (χ0v) is 11.6. The van der Waals surface area contributed by atoms with Crippen LogP contribution in [0.5, 0.6) is 0 Å². The van der Waals surface area contributed by atoms with Crippen molar-refractivity contribution in [3.63, 3.8) is 0 Å². The first-order valence-electron chi connectivity index (χ1n) is 5.70. The fourth-order valence-corrected chi connectivity index (χ4v) is 1.88. The van der Waals surface area contributed by atoms with Gasteiger partial charge in [-0.05, 0) is 24.1 Å². The molecule has 0 unspecified atom stereocenters. The molecule has 0 atom stereocenters. The Bertz CT molecular complexity index is 521. The lowest BCUT2D eigenvalue weighted by molar-refractivity contribution is 0.0680. The van der Waals surface area contributed by atoms with Gasteiger partial charge in [-0.3, -0.25) is 0 Å². The van der Waals surface area contributed by atoms with Gasteiger partial charge in [-0.25, -0.2) is 8.78 Å². The highest BCUT2D eigenvalue weighted by Gasteiger charge is 2.32. The maximum atomic E-state index is 13.8. The molecule has 102 valence electrons. The van der Waals surface area contributed by atoms with Crippen molar-refractivity contribution in [3.05, 3.63) is 64.9 Å². The van der Waals surface area contributed by atoms with Gasteiger partial charge in [0, 0.05) is 17.7 Å². The van der Waals surface area contributed by atoms with E-state index >= 15 is 0 Å². The van der Waals surface area contributed by atoms with Crippen molar-refractivity contribution in [2.75, 3.05) is 0 Å². The molecule has 19 heavy (non-hydrogen) atoms. The third kappa shape index (κ3) is 4.21. The van der Waals surface area contributed by atoms with Crippen molar-refractivity contribution < 1.29 is 8.78 Å². The smallest absolute Gasteiger partial charge is 0.273 e. The van der Waals surface area contributed by atoms with Crippen molar-refractivity contribution >= 4 is 17.2 Å². The Labute approximate surface area is 117 Å². The topological polar surface area (TPSA) is 26.0 Å². The van der Waals surface area contributed by atoms with Crippen LogP contribution in [0.25, 0.3) is 5.57 Å². The van der Waals surface area contributed by atoms with Crippen LogP contribution in [-0.4, -0.2) is 5.92 Å². The molecular weight excluding hydrogens is 268 g/mol. The fraction of sp³-hybridized carbons (Fsp3) is 0.200. The molecule has 0 aliphatic carbocycles. The normalized spacial score (nSPS) is 14.1. The molecule has 0 aliphatic heterocycles. The Hall–Kier alpha value is -1.61. The zero-order valence-electron chi connectivity index (χ0n) is 10.9. The Morgan fingerprint density at radius 1 is 1.32 bits per heavy atom. The monoisotopic (exact) mass is 283 g/mol. The van der Waals surface area contributed by atoms with Crippen LogP contribution in [-0.2, 0) is 0 Å². The molecular formula is C15H16ClF2N. The van der Waals surface area contributed by atoms with E-state index in [0.29, 0.717) is 10.6 Å². The predicted octanol–water partition coefficient (Wildman–Crippen LogP) is 4.71. The maximum absolute atomic E-state index is 13.8. The van der Waals surface area contributed by atoms with E-state index in [1.165, 1.54) is 6.08 Å². The molecule has 0 bridgehead atoms. The van der Waals surface area contributed by atoms with Gasteiger partial charge in [-0.2, -0.15) is 0 Å². The molecule has 0 fully saturated rings. The summed E-state index contributed by atoms with van der Waals surface area (Å²) in [7, 11) is 0. The molecule has 0 saturated heterocycles. The summed E-state index contributed by atoms with van der Waals surface area (Å²) in [6.07, 6.45) is 1.31. The number of alkyl halides is 2. The van der Waals surface area contributed by atoms with Crippen molar-refractivity contribution in [2.45, 2.75) is 19.8 Å². The highest BCUT2D eigenvalue weighted by atomic mass is 35.5. The first kappa shape index (κ1) is 15.4. The average Bonchev–Trinajstić information content (AvgIpc) is 2.27. The van der Waals surface area contributed by atoms with Gasteiger partial charge in [0.2, 0.25) is 0 Å². The van der Waals surface area contributed by atoms with Crippen molar-refractivity contribution in [2.24, 2.45) is 5.73 Å². The van der Waals surface area contributed by atoms with E-state index in [4.69, 9.17) is 17.3 Å². The minimum atomic E-state index is -3.10. The summed E-state index contributed by atoms with van der Waals surface area (Å²) in [5.41, 5.74) is 6.13. The molecule has 1 aromatic rings. The second-order valence-corrected chi connectivity index (χ2v) is 4.89. The molecule has 0 amide bonds. The summed E-state index contributed by atoms with van der Waals surface area (Å²) in [4.78, 5) is 0. The maximum Gasteiger partial charge on any atom is 0.273 e. The molecule has 4 heteroatoms. The lowest BCUT2D eigenvalue weighted by atomic mass is 9.93. The van der Waals surface area contributed by atoms with Crippen LogP contribution in [0.4, 0.5) is 8.78 Å². The van der Waals surface area contributed by atoms with E-state index in [2.05, 4.69) is 6.58 Å². The second kappa shape index (κ2) is 6.02. The number of hydrogen-bond acceptors (Lipinski definition) is 1. The van der Waals surface area contributed by atoms with Gasteiger partial charge in [0.25, 0.3) is 5.92 Å². The van der Waals surface area contributed by atoms with E-state index in [9.17, 15) is 8.78 Å². The summed E-state index contributed by atoms with van der Waals surface area (Å²) in [6, 6.07) is 8.73. The quantitative estimate of drug-likeness (QED) is 0.796. The van der Waals surface area contributed by atoms with Crippen LogP contribution < -0.4 is 5.73 Å². The van der Waals surface area contributed by atoms with Gasteiger partial charge < -0.3 is 5.73 Å². The van der Waals surface area contributed by atoms with Crippen LogP contribution >= 0.6 is 11.6 Å². The van der Waals surface area contributed by atoms with Gasteiger partial charge in [0.15, 0.2) is 0 Å². The third-order valence-electron chi connectivity index (χ3n) is 2.51. The third-order valence-corrected chi connectivity index (χ3v) is 2.62. The lowest BCUT2D eigenvalue weighted by Crippen LogP contribution is -2.20. The van der Waals surface area contributed by atoms with E-state index in [1.807, 2.05) is 0 Å². The Kier molecular flexibility index (Phi) is 4.90. The highest BCUT2D eigenvalue weighted by molar-refractivity contribution is 6.29. The SMILES string of the molecule is C=C(/C(=C(N)\C=C(/C)Cl)C(C)(F)F)c1ccccc1. The summed E-state index contributed by atoms with van der Waals surface area (Å²) in [5.74, 6) is -3.10. The molecule has 1 nitrogen and oxygen atoms in total. The standard InChI is InChI=1S/C15H16ClF2N/c1-10(16)9-13(19)14(15(3,17)18)11(2)12-7-5-4-6-8-12/h4-9H,2,19H2,1,3H3/b10-9+,14-13-. The number of benzene rings is 1. The fourth-order valence-electron chi connectivity index (χ4n) is 1.76. The molecule has 0 spiro atoms. The summed E-state index contributed by atoms with van der Waals surface area (Å²) >= 11 is 5.69. The van der Waals surface area contributed by atoms with E-state index in [1.54, 1.807) is 37.3 Å². The Morgan fingerprint density at radius 2 is 1.84 bits per heavy atom. The minimum Gasteiger partial charge on any atom is -0.398 e. The van der Waals surface area contributed by atoms with Gasteiger partial charge in [-0.1, -0.05) is 48.5 Å². The first-order chi connectivity index (χ1) is 8.73. The van der Waals surface area contributed by atoms with Crippen molar-refractivity contribution in [1.29, 1.82) is 0 Å². The van der Waals surface area contributed by atoms with E-state index in [-0.39, 0.29) is 16.8 Å². The second-order valence-electron chi connectivity index (χ2n) is 4.29. The highest BCUT2D eigenvalue weighted by Crippen LogP contribution is 2.35. The number of allylic oxidation sites excluding steroid dienone is 4. The van der Waals surface area contributed by atoms with Gasteiger partial charge in [0.05, 0.1) is 5.57 Å². The number of rotatable bonds is 4. The van der Waals surface area contributed by atoms with Gasteiger partial charge in [-0.15, -0.1) is 0 Å². The molecule has 0 aromatic heterocycles. The van der Waals surface area contributed by atoms with Crippen LogP contribution in [0.2, 0.25) is 0 Å². The first-order valence-corrected chi connectivity index (χ1v) is 6.08. The molecule has 0 heterocycles. The molecule has 2 N–H and O–H groups in total. The van der Waals surface area contributed by atoms with Crippen LogP contribution in [0.3, 0.4) is 0 Å². The van der Waals surface area contributed by atoms with Gasteiger partial charge in [0.1, 0.15) is 0 Å². The molecule has 1 rings (SSSR count). The number of nitrogens with two attached hydrogens (primary N) is 1. The van der Waals surface area contributed by atoms with Crippen molar-refractivity contribution in [1.82, 2.24) is 0 Å². The summed E-state index contributed by atoms with van der Waals surface area (Å²) in [5, 5.41) is 0.333. The van der Waals surface area contributed by atoms with Crippen molar-refractivity contribution in [3.8, 4) is 0 Å². The van der Waals surface area contributed by atoms with E-state index < -0.39 is 5.92 Å².